The van der Waals surface area contributed by atoms with Gasteiger partial charge in [0.05, 0.1) is 5.75 Å². The molecule has 1 aromatic heterocycles. The minimum absolute atomic E-state index is 0.0377. The molecule has 1 amide bonds. The van der Waals surface area contributed by atoms with Gasteiger partial charge in [0.2, 0.25) is 5.91 Å². The summed E-state index contributed by atoms with van der Waals surface area (Å²) in [6.45, 7) is 9.30. The normalized spacial score (nSPS) is 12.4. The number of nitrogens with one attached hydrogen (secondary N) is 1. The molecule has 2 rings (SSSR count). The molecule has 0 saturated heterocycles. The van der Waals surface area contributed by atoms with E-state index in [-0.39, 0.29) is 11.9 Å². The lowest BCUT2D eigenvalue weighted by molar-refractivity contribution is -0.119. The molecule has 1 N–H and O–H groups in total. The van der Waals surface area contributed by atoms with E-state index in [1.165, 1.54) is 18.2 Å². The van der Waals surface area contributed by atoms with E-state index in [0.29, 0.717) is 16.7 Å². The number of amides is 1. The first kappa shape index (κ1) is 21.8. The Balaban J connectivity index is 1.90. The second kappa shape index (κ2) is 10.7. The van der Waals surface area contributed by atoms with Crippen molar-refractivity contribution < 1.29 is 4.79 Å². The van der Waals surface area contributed by atoms with E-state index in [9.17, 15) is 4.79 Å². The molecule has 7 heteroatoms. The van der Waals surface area contributed by atoms with E-state index in [2.05, 4.69) is 36.3 Å². The minimum atomic E-state index is 0.0377. The Bertz CT molecular complexity index is 730. The van der Waals surface area contributed by atoms with E-state index in [4.69, 9.17) is 11.6 Å². The summed E-state index contributed by atoms with van der Waals surface area (Å²) in [6.07, 6.45) is 3.35. The molecule has 0 radical (unpaired) electrons. The summed E-state index contributed by atoms with van der Waals surface area (Å²) in [6, 6.07) is 7.74. The monoisotopic (exact) mass is 408 g/mol. The molecule has 1 unspecified atom stereocenters. The molecular formula is C20H29ClN4OS. The van der Waals surface area contributed by atoms with E-state index in [0.717, 1.165) is 35.9 Å². The summed E-state index contributed by atoms with van der Waals surface area (Å²) >= 11 is 7.38. The molecular weight excluding hydrogens is 380 g/mol. The Morgan fingerprint density at radius 3 is 2.52 bits per heavy atom. The molecule has 0 saturated carbocycles. The van der Waals surface area contributed by atoms with Gasteiger partial charge in [0.1, 0.15) is 0 Å². The zero-order valence-electron chi connectivity index (χ0n) is 16.5. The van der Waals surface area contributed by atoms with Crippen molar-refractivity contribution in [3.8, 4) is 11.4 Å². The van der Waals surface area contributed by atoms with Crippen LogP contribution in [-0.2, 0) is 11.3 Å². The average molecular weight is 409 g/mol. The van der Waals surface area contributed by atoms with Crippen molar-refractivity contribution >= 4 is 29.3 Å². The van der Waals surface area contributed by atoms with Gasteiger partial charge in [-0.2, -0.15) is 0 Å². The molecule has 0 aliphatic rings. The van der Waals surface area contributed by atoms with Gasteiger partial charge in [0, 0.05) is 23.2 Å². The number of thioether (sulfide) groups is 1. The third kappa shape index (κ3) is 6.85. The van der Waals surface area contributed by atoms with Gasteiger partial charge in [-0.05, 0) is 50.5 Å². The molecule has 27 heavy (non-hydrogen) atoms. The second-order valence-electron chi connectivity index (χ2n) is 7.14. The molecule has 1 atom stereocenters. The van der Waals surface area contributed by atoms with E-state index < -0.39 is 0 Å². The Morgan fingerprint density at radius 1 is 1.19 bits per heavy atom. The molecule has 0 aliphatic carbocycles. The largest absolute Gasteiger partial charge is 0.353 e. The van der Waals surface area contributed by atoms with Crippen molar-refractivity contribution in [2.24, 2.45) is 5.92 Å². The highest BCUT2D eigenvalue weighted by molar-refractivity contribution is 7.99. The number of hydrogen-bond acceptors (Lipinski definition) is 4. The number of benzene rings is 1. The standard InChI is InChI=1S/C20H29ClN4OS/c1-5-25-19(16-9-11-17(21)12-10-16)23-24-20(25)27-13-18(26)22-15(4)8-6-7-14(2)3/h9-12,14-15H,5-8,13H2,1-4H3,(H,22,26). The Labute approximate surface area is 171 Å². The van der Waals surface area contributed by atoms with Crippen molar-refractivity contribution in [1.82, 2.24) is 20.1 Å². The Kier molecular flexibility index (Phi) is 8.64. The van der Waals surface area contributed by atoms with Crippen LogP contribution >= 0.6 is 23.4 Å². The lowest BCUT2D eigenvalue weighted by atomic mass is 10.0. The number of halogens is 1. The summed E-state index contributed by atoms with van der Waals surface area (Å²) < 4.78 is 2.02. The third-order valence-corrected chi connectivity index (χ3v) is 5.51. The molecule has 1 heterocycles. The highest BCUT2D eigenvalue weighted by atomic mass is 35.5. The Morgan fingerprint density at radius 2 is 1.89 bits per heavy atom. The highest BCUT2D eigenvalue weighted by Crippen LogP contribution is 2.25. The number of rotatable bonds is 10. The van der Waals surface area contributed by atoms with Gasteiger partial charge in [0.15, 0.2) is 11.0 Å². The highest BCUT2D eigenvalue weighted by Gasteiger charge is 2.15. The van der Waals surface area contributed by atoms with Gasteiger partial charge >= 0.3 is 0 Å². The SMILES string of the molecule is CCn1c(SCC(=O)NC(C)CCCC(C)C)nnc1-c1ccc(Cl)cc1. The van der Waals surface area contributed by atoms with Gasteiger partial charge in [-0.15, -0.1) is 10.2 Å². The van der Waals surface area contributed by atoms with E-state index >= 15 is 0 Å². The molecule has 0 bridgehead atoms. The molecule has 148 valence electrons. The smallest absolute Gasteiger partial charge is 0.230 e. The van der Waals surface area contributed by atoms with Crippen LogP contribution in [0.4, 0.5) is 0 Å². The fraction of sp³-hybridized carbons (Fsp3) is 0.550. The van der Waals surface area contributed by atoms with Crippen LogP contribution in [0.5, 0.6) is 0 Å². The molecule has 5 nitrogen and oxygen atoms in total. The maximum Gasteiger partial charge on any atom is 0.230 e. The second-order valence-corrected chi connectivity index (χ2v) is 8.52. The zero-order valence-corrected chi connectivity index (χ0v) is 18.1. The first-order valence-electron chi connectivity index (χ1n) is 9.52. The van der Waals surface area contributed by atoms with Crippen molar-refractivity contribution in [2.75, 3.05) is 5.75 Å². The molecule has 0 aliphatic heterocycles. The number of aromatic nitrogens is 3. The van der Waals surface area contributed by atoms with Crippen LogP contribution in [0.1, 0.15) is 47.0 Å². The quantitative estimate of drug-likeness (QED) is 0.559. The van der Waals surface area contributed by atoms with Crippen LogP contribution in [0.15, 0.2) is 29.4 Å². The van der Waals surface area contributed by atoms with Crippen molar-refractivity contribution in [1.29, 1.82) is 0 Å². The Hall–Kier alpha value is -1.53. The maximum atomic E-state index is 12.2. The number of nitrogens with zero attached hydrogens (tertiary/aromatic N) is 3. The molecule has 0 fully saturated rings. The van der Waals surface area contributed by atoms with Crippen LogP contribution in [0.25, 0.3) is 11.4 Å². The summed E-state index contributed by atoms with van der Waals surface area (Å²) in [7, 11) is 0. The first-order valence-corrected chi connectivity index (χ1v) is 10.9. The van der Waals surface area contributed by atoms with Crippen LogP contribution in [0.2, 0.25) is 5.02 Å². The predicted octanol–water partition coefficient (Wildman–Crippen LogP) is 5.04. The van der Waals surface area contributed by atoms with Crippen molar-refractivity contribution in [2.45, 2.75) is 64.7 Å². The summed E-state index contributed by atoms with van der Waals surface area (Å²) in [5, 5.41) is 13.1. The topological polar surface area (TPSA) is 59.8 Å². The van der Waals surface area contributed by atoms with Gasteiger partial charge in [0.25, 0.3) is 0 Å². The fourth-order valence-electron chi connectivity index (χ4n) is 2.84. The van der Waals surface area contributed by atoms with Crippen LogP contribution < -0.4 is 5.32 Å². The first-order chi connectivity index (χ1) is 12.9. The van der Waals surface area contributed by atoms with Crippen LogP contribution in [0.3, 0.4) is 0 Å². The van der Waals surface area contributed by atoms with Gasteiger partial charge < -0.3 is 9.88 Å². The average Bonchev–Trinajstić information content (AvgIpc) is 3.03. The van der Waals surface area contributed by atoms with Crippen LogP contribution in [0, 0.1) is 5.92 Å². The van der Waals surface area contributed by atoms with Gasteiger partial charge in [-0.3, -0.25) is 4.79 Å². The lowest BCUT2D eigenvalue weighted by Crippen LogP contribution is -2.33. The fourth-order valence-corrected chi connectivity index (χ4v) is 3.78. The van der Waals surface area contributed by atoms with Gasteiger partial charge in [-0.1, -0.05) is 50.1 Å². The van der Waals surface area contributed by atoms with Crippen molar-refractivity contribution in [3.05, 3.63) is 29.3 Å². The van der Waals surface area contributed by atoms with Crippen LogP contribution in [-0.4, -0.2) is 32.5 Å². The third-order valence-electron chi connectivity index (χ3n) is 4.29. The summed E-state index contributed by atoms with van der Waals surface area (Å²) in [5.74, 6) is 1.88. The number of carbonyl (C=O) groups excluding carboxylic acids is 1. The van der Waals surface area contributed by atoms with E-state index in [1.807, 2.05) is 35.8 Å². The van der Waals surface area contributed by atoms with E-state index in [1.54, 1.807) is 0 Å². The minimum Gasteiger partial charge on any atom is -0.353 e. The summed E-state index contributed by atoms with van der Waals surface area (Å²) in [4.78, 5) is 12.2. The number of carbonyl (C=O) groups is 1. The zero-order chi connectivity index (χ0) is 19.8. The molecule has 2 aromatic rings. The van der Waals surface area contributed by atoms with Crippen molar-refractivity contribution in [3.63, 3.8) is 0 Å². The predicted molar refractivity (Wildman–Crippen MR) is 113 cm³/mol. The summed E-state index contributed by atoms with van der Waals surface area (Å²) in [5.41, 5.74) is 0.962. The lowest BCUT2D eigenvalue weighted by Gasteiger charge is -2.14. The molecule has 0 spiro atoms. The van der Waals surface area contributed by atoms with Gasteiger partial charge in [-0.25, -0.2) is 0 Å². The molecule has 1 aromatic carbocycles. The number of hydrogen-bond donors (Lipinski definition) is 1. The maximum absolute atomic E-state index is 12.2.